The van der Waals surface area contributed by atoms with E-state index < -0.39 is 0 Å². The number of ether oxygens (including phenoxy) is 1. The third kappa shape index (κ3) is 4.61. The van der Waals surface area contributed by atoms with Crippen LogP contribution in [0.5, 0.6) is 5.75 Å². The topological polar surface area (TPSA) is 69.5 Å². The number of nitrogens with zero attached hydrogens (tertiary/aromatic N) is 4. The molecule has 0 saturated carbocycles. The van der Waals surface area contributed by atoms with Crippen LogP contribution in [0.4, 0.5) is 5.82 Å². The molecule has 26 heavy (non-hydrogen) atoms. The third-order valence-electron chi connectivity index (χ3n) is 4.17. The van der Waals surface area contributed by atoms with Crippen molar-refractivity contribution in [1.29, 1.82) is 5.26 Å². The summed E-state index contributed by atoms with van der Waals surface area (Å²) < 4.78 is 5.21. The van der Waals surface area contributed by atoms with Crippen molar-refractivity contribution in [2.24, 2.45) is 0 Å². The van der Waals surface area contributed by atoms with Crippen LogP contribution in [0.15, 0.2) is 54.7 Å². The Bertz CT molecular complexity index is 789. The molecular weight excluding hydrogens is 328 g/mol. The number of pyridine rings is 1. The monoisotopic (exact) mass is 348 g/mol. The Morgan fingerprint density at radius 2 is 1.92 bits per heavy atom. The van der Waals surface area contributed by atoms with E-state index in [1.165, 1.54) is 0 Å². The number of amides is 1. The smallest absolute Gasteiger partial charge is 0.246 e. The molecule has 1 aromatic carbocycles. The maximum absolute atomic E-state index is 12.4. The van der Waals surface area contributed by atoms with E-state index in [9.17, 15) is 4.79 Å². The summed E-state index contributed by atoms with van der Waals surface area (Å²) in [6, 6.07) is 15.1. The Balaban J connectivity index is 1.51. The first-order valence-corrected chi connectivity index (χ1v) is 8.49. The average Bonchev–Trinajstić information content (AvgIpc) is 2.72. The van der Waals surface area contributed by atoms with Gasteiger partial charge in [0.1, 0.15) is 17.6 Å². The van der Waals surface area contributed by atoms with Crippen LogP contribution in [0, 0.1) is 11.3 Å². The zero-order valence-corrected chi connectivity index (χ0v) is 14.4. The van der Waals surface area contributed by atoms with Crippen LogP contribution in [0.1, 0.15) is 5.56 Å². The van der Waals surface area contributed by atoms with Crippen molar-refractivity contribution in [2.45, 2.75) is 0 Å². The Hall–Kier alpha value is -3.33. The molecule has 3 rings (SSSR count). The number of hydrogen-bond acceptors (Lipinski definition) is 5. The molecule has 6 nitrogen and oxygen atoms in total. The molecule has 0 spiro atoms. The second-order valence-electron chi connectivity index (χ2n) is 5.85. The number of aromatic nitrogens is 1. The summed E-state index contributed by atoms with van der Waals surface area (Å²) >= 11 is 0. The van der Waals surface area contributed by atoms with Gasteiger partial charge in [-0.1, -0.05) is 18.2 Å². The highest BCUT2D eigenvalue weighted by Gasteiger charge is 2.20. The number of benzene rings is 1. The predicted molar refractivity (Wildman–Crippen MR) is 99.6 cm³/mol. The molecule has 0 bridgehead atoms. The Morgan fingerprint density at radius 1 is 1.15 bits per heavy atom. The Morgan fingerprint density at radius 3 is 2.58 bits per heavy atom. The number of rotatable bonds is 5. The van der Waals surface area contributed by atoms with Crippen molar-refractivity contribution in [2.75, 3.05) is 37.7 Å². The molecule has 1 aliphatic heterocycles. The largest absolute Gasteiger partial charge is 0.479 e. The fourth-order valence-corrected chi connectivity index (χ4v) is 2.76. The summed E-state index contributed by atoms with van der Waals surface area (Å²) in [5, 5.41) is 8.50. The van der Waals surface area contributed by atoms with Crippen LogP contribution in [-0.4, -0.2) is 48.6 Å². The van der Waals surface area contributed by atoms with E-state index in [1.54, 1.807) is 30.5 Å². The molecule has 1 saturated heterocycles. The third-order valence-corrected chi connectivity index (χ3v) is 4.17. The summed E-state index contributed by atoms with van der Waals surface area (Å²) in [6.45, 7) is 2.95. The second-order valence-corrected chi connectivity index (χ2v) is 5.85. The lowest BCUT2D eigenvalue weighted by atomic mass is 10.2. The van der Waals surface area contributed by atoms with Crippen molar-refractivity contribution in [3.8, 4) is 11.8 Å². The first kappa shape index (κ1) is 17.5. The number of carbonyl (C=O) groups is 1. The molecule has 0 radical (unpaired) electrons. The maximum Gasteiger partial charge on any atom is 0.246 e. The van der Waals surface area contributed by atoms with Gasteiger partial charge in [-0.3, -0.25) is 4.79 Å². The molecule has 0 aliphatic carbocycles. The maximum atomic E-state index is 12.4. The summed E-state index contributed by atoms with van der Waals surface area (Å²) in [5.74, 6) is 1.60. The standard InChI is InChI=1S/C20H20N4O2/c21-10-16-26-18-7-4-17(5-8-18)6-9-20(25)24-14-12-23(13-15-24)19-3-1-2-11-22-19/h1-9,11H,12-16H2/b9-6+. The quantitative estimate of drug-likeness (QED) is 0.776. The van der Waals surface area contributed by atoms with Crippen molar-refractivity contribution in [3.63, 3.8) is 0 Å². The molecule has 132 valence electrons. The van der Waals surface area contributed by atoms with E-state index in [0.717, 1.165) is 24.5 Å². The number of carbonyl (C=O) groups excluding carboxylic acids is 1. The van der Waals surface area contributed by atoms with Crippen molar-refractivity contribution >= 4 is 17.8 Å². The van der Waals surface area contributed by atoms with E-state index in [-0.39, 0.29) is 12.5 Å². The lowest BCUT2D eigenvalue weighted by Crippen LogP contribution is -2.48. The van der Waals surface area contributed by atoms with Gasteiger partial charge in [0.2, 0.25) is 5.91 Å². The molecule has 0 unspecified atom stereocenters. The van der Waals surface area contributed by atoms with Crippen LogP contribution in [-0.2, 0) is 4.79 Å². The van der Waals surface area contributed by atoms with E-state index in [4.69, 9.17) is 10.00 Å². The van der Waals surface area contributed by atoms with Gasteiger partial charge in [0, 0.05) is 38.5 Å². The average molecular weight is 348 g/mol. The van der Waals surface area contributed by atoms with E-state index in [1.807, 2.05) is 41.3 Å². The number of hydrogen-bond donors (Lipinski definition) is 0. The number of anilines is 1. The van der Waals surface area contributed by atoms with Gasteiger partial charge in [0.05, 0.1) is 0 Å². The summed E-state index contributed by atoms with van der Waals surface area (Å²) in [5.41, 5.74) is 0.912. The van der Waals surface area contributed by atoms with E-state index in [0.29, 0.717) is 18.8 Å². The number of piperazine rings is 1. The van der Waals surface area contributed by atoms with Crippen LogP contribution >= 0.6 is 0 Å². The second kappa shape index (κ2) is 8.67. The van der Waals surface area contributed by atoms with Crippen molar-refractivity contribution in [1.82, 2.24) is 9.88 Å². The van der Waals surface area contributed by atoms with Crippen molar-refractivity contribution < 1.29 is 9.53 Å². The van der Waals surface area contributed by atoms with Gasteiger partial charge in [-0.15, -0.1) is 0 Å². The highest BCUT2D eigenvalue weighted by molar-refractivity contribution is 5.92. The van der Waals surface area contributed by atoms with Gasteiger partial charge >= 0.3 is 0 Å². The predicted octanol–water partition coefficient (Wildman–Crippen LogP) is 2.35. The minimum atomic E-state index is 0.00970. The zero-order chi connectivity index (χ0) is 18.2. The molecule has 0 atom stereocenters. The van der Waals surface area contributed by atoms with Gasteiger partial charge in [-0.2, -0.15) is 5.26 Å². The molecule has 1 aliphatic rings. The highest BCUT2D eigenvalue weighted by Crippen LogP contribution is 2.15. The molecule has 2 aromatic rings. The molecule has 6 heteroatoms. The van der Waals surface area contributed by atoms with Gasteiger partial charge in [0.25, 0.3) is 0 Å². The van der Waals surface area contributed by atoms with Gasteiger partial charge < -0.3 is 14.5 Å². The van der Waals surface area contributed by atoms with Gasteiger partial charge in [-0.05, 0) is 35.9 Å². The molecule has 1 fully saturated rings. The van der Waals surface area contributed by atoms with Crippen molar-refractivity contribution in [3.05, 3.63) is 60.3 Å². The van der Waals surface area contributed by atoms with Crippen LogP contribution in [0.25, 0.3) is 6.08 Å². The van der Waals surface area contributed by atoms with Crippen LogP contribution < -0.4 is 9.64 Å². The Kier molecular flexibility index (Phi) is 5.84. The highest BCUT2D eigenvalue weighted by atomic mass is 16.5. The minimum Gasteiger partial charge on any atom is -0.479 e. The molecular formula is C20H20N4O2. The summed E-state index contributed by atoms with van der Waals surface area (Å²) in [6.07, 6.45) is 5.18. The minimum absolute atomic E-state index is 0.00970. The summed E-state index contributed by atoms with van der Waals surface area (Å²) in [7, 11) is 0. The molecule has 1 amide bonds. The fourth-order valence-electron chi connectivity index (χ4n) is 2.76. The summed E-state index contributed by atoms with van der Waals surface area (Å²) in [4.78, 5) is 20.8. The SMILES string of the molecule is N#CCOc1ccc(/C=C/C(=O)N2CCN(c3ccccn3)CC2)cc1. The van der Waals surface area contributed by atoms with Gasteiger partial charge in [-0.25, -0.2) is 4.98 Å². The first-order valence-electron chi connectivity index (χ1n) is 8.49. The lowest BCUT2D eigenvalue weighted by molar-refractivity contribution is -0.126. The molecule has 2 heterocycles. The molecule has 0 N–H and O–H groups in total. The number of nitriles is 1. The normalized spacial score (nSPS) is 14.3. The fraction of sp³-hybridized carbons (Fsp3) is 0.250. The van der Waals surface area contributed by atoms with Gasteiger partial charge in [0.15, 0.2) is 6.61 Å². The van der Waals surface area contributed by atoms with Crippen LogP contribution in [0.3, 0.4) is 0 Å². The van der Waals surface area contributed by atoms with E-state index in [2.05, 4.69) is 9.88 Å². The Labute approximate surface area is 152 Å². The van der Waals surface area contributed by atoms with Crippen LogP contribution in [0.2, 0.25) is 0 Å². The molecule has 1 aromatic heterocycles. The first-order chi connectivity index (χ1) is 12.8. The zero-order valence-electron chi connectivity index (χ0n) is 14.4. The van der Waals surface area contributed by atoms with E-state index >= 15 is 0 Å². The lowest BCUT2D eigenvalue weighted by Gasteiger charge is -2.34.